The van der Waals surface area contributed by atoms with E-state index >= 15 is 0 Å². The van der Waals surface area contributed by atoms with E-state index in [0.717, 1.165) is 0 Å². The summed E-state index contributed by atoms with van der Waals surface area (Å²) >= 11 is 0. The quantitative estimate of drug-likeness (QED) is 0.496. The van der Waals surface area contributed by atoms with Crippen LogP contribution in [0.1, 0.15) is 13.3 Å². The number of aliphatic hydroxyl groups excluding tert-OH is 1. The van der Waals surface area contributed by atoms with Gasteiger partial charge in [-0.15, -0.1) is 0 Å². The van der Waals surface area contributed by atoms with Gasteiger partial charge in [0.25, 0.3) is 0 Å². The van der Waals surface area contributed by atoms with Gasteiger partial charge in [0.1, 0.15) is 0 Å². The predicted octanol–water partition coefficient (Wildman–Crippen LogP) is 0.254. The molecule has 0 radical (unpaired) electrons. The zero-order valence-corrected chi connectivity index (χ0v) is 7.77. The Bertz CT molecular complexity index is 212. The van der Waals surface area contributed by atoms with E-state index in [9.17, 15) is 9.90 Å². The lowest BCUT2D eigenvalue weighted by Crippen LogP contribution is -2.33. The maximum atomic E-state index is 10.9. The number of rotatable bonds is 2. The Labute approximate surface area is 77.1 Å². The average Bonchev–Trinajstić information content (AvgIpc) is 2.11. The zero-order valence-electron chi connectivity index (χ0n) is 7.77. The molecule has 74 valence electrons. The molecule has 0 aromatic heterocycles. The number of ether oxygens (including phenoxy) is 2. The highest BCUT2D eigenvalue weighted by atomic mass is 16.5. The van der Waals surface area contributed by atoms with Crippen LogP contribution >= 0.6 is 0 Å². The monoisotopic (exact) mass is 186 g/mol. The van der Waals surface area contributed by atoms with Crippen LogP contribution in [-0.2, 0) is 14.3 Å². The molecule has 1 aliphatic rings. The van der Waals surface area contributed by atoms with Crippen molar-refractivity contribution in [2.45, 2.75) is 31.7 Å². The van der Waals surface area contributed by atoms with Crippen LogP contribution in [0, 0.1) is 0 Å². The lowest BCUT2D eigenvalue weighted by molar-refractivity contribution is -0.145. The summed E-state index contributed by atoms with van der Waals surface area (Å²) in [4.78, 5) is 10.9. The van der Waals surface area contributed by atoms with Crippen LogP contribution in [-0.4, -0.2) is 36.5 Å². The van der Waals surface area contributed by atoms with Crippen molar-refractivity contribution in [2.75, 3.05) is 7.11 Å². The molecule has 0 aromatic carbocycles. The van der Waals surface area contributed by atoms with Gasteiger partial charge in [0.05, 0.1) is 31.8 Å². The number of aliphatic hydroxyl groups is 1. The smallest absolute Gasteiger partial charge is 0.308 e. The summed E-state index contributed by atoms with van der Waals surface area (Å²) in [5, 5.41) is 9.26. The van der Waals surface area contributed by atoms with Crippen LogP contribution < -0.4 is 0 Å². The van der Waals surface area contributed by atoms with Gasteiger partial charge >= 0.3 is 5.97 Å². The first-order chi connectivity index (χ1) is 6.13. The summed E-state index contributed by atoms with van der Waals surface area (Å²) in [6, 6.07) is 0. The molecule has 0 saturated heterocycles. The molecule has 0 bridgehead atoms. The number of carbonyl (C=O) groups excluding carboxylic acids is 1. The van der Waals surface area contributed by atoms with Gasteiger partial charge in [0, 0.05) is 0 Å². The molecular formula is C9H14O4. The zero-order chi connectivity index (χ0) is 9.84. The van der Waals surface area contributed by atoms with Gasteiger partial charge in [-0.25, -0.2) is 0 Å². The van der Waals surface area contributed by atoms with Gasteiger partial charge in [0.2, 0.25) is 0 Å². The lowest BCUT2D eigenvalue weighted by Gasteiger charge is -2.26. The molecule has 4 heteroatoms. The molecule has 1 heterocycles. The fraction of sp³-hybridized carbons (Fsp3) is 0.667. The van der Waals surface area contributed by atoms with Gasteiger partial charge in [-0.1, -0.05) is 12.2 Å². The second-order valence-corrected chi connectivity index (χ2v) is 3.04. The molecular weight excluding hydrogens is 172 g/mol. The largest absolute Gasteiger partial charge is 0.469 e. The Kier molecular flexibility index (Phi) is 3.45. The van der Waals surface area contributed by atoms with Crippen molar-refractivity contribution in [3.8, 4) is 0 Å². The summed E-state index contributed by atoms with van der Waals surface area (Å²) in [7, 11) is 1.34. The molecule has 1 rings (SSSR count). The summed E-state index contributed by atoms with van der Waals surface area (Å²) in [6.45, 7) is 1.76. The van der Waals surface area contributed by atoms with Crippen LogP contribution in [0.5, 0.6) is 0 Å². The maximum Gasteiger partial charge on any atom is 0.308 e. The third kappa shape index (κ3) is 2.82. The van der Waals surface area contributed by atoms with Gasteiger partial charge < -0.3 is 14.6 Å². The van der Waals surface area contributed by atoms with Crippen LogP contribution in [0.4, 0.5) is 0 Å². The first-order valence-electron chi connectivity index (χ1n) is 4.22. The molecule has 0 saturated carbocycles. The number of esters is 1. The van der Waals surface area contributed by atoms with E-state index in [1.807, 2.05) is 0 Å². The Hall–Kier alpha value is -0.870. The van der Waals surface area contributed by atoms with Crippen LogP contribution in [0.2, 0.25) is 0 Å². The predicted molar refractivity (Wildman–Crippen MR) is 46.1 cm³/mol. The van der Waals surface area contributed by atoms with Gasteiger partial charge in [-0.2, -0.15) is 0 Å². The van der Waals surface area contributed by atoms with Gasteiger partial charge in [-0.3, -0.25) is 4.79 Å². The summed E-state index contributed by atoms with van der Waals surface area (Å²) < 4.78 is 9.83. The van der Waals surface area contributed by atoms with Crippen molar-refractivity contribution in [1.82, 2.24) is 0 Å². The lowest BCUT2D eigenvalue weighted by atomic mass is 10.1. The van der Waals surface area contributed by atoms with Crippen molar-refractivity contribution in [2.24, 2.45) is 0 Å². The first-order valence-corrected chi connectivity index (χ1v) is 4.22. The van der Waals surface area contributed by atoms with E-state index in [0.29, 0.717) is 0 Å². The highest BCUT2D eigenvalue weighted by molar-refractivity contribution is 5.70. The summed E-state index contributed by atoms with van der Waals surface area (Å²) in [5.74, 6) is -0.307. The molecule has 0 amide bonds. The molecule has 0 unspecified atom stereocenters. The Morgan fingerprint density at radius 3 is 2.85 bits per heavy atom. The van der Waals surface area contributed by atoms with E-state index in [2.05, 4.69) is 4.74 Å². The summed E-state index contributed by atoms with van der Waals surface area (Å²) in [6.07, 6.45) is 2.41. The van der Waals surface area contributed by atoms with Crippen molar-refractivity contribution in [1.29, 1.82) is 0 Å². The van der Waals surface area contributed by atoms with E-state index in [4.69, 9.17) is 4.74 Å². The topological polar surface area (TPSA) is 55.8 Å². The van der Waals surface area contributed by atoms with Crippen molar-refractivity contribution in [3.05, 3.63) is 12.2 Å². The maximum absolute atomic E-state index is 10.9. The SMILES string of the molecule is COC(=O)C[C@H]1C=C[C@@H](O)[C@H](C)O1. The van der Waals surface area contributed by atoms with Gasteiger partial charge in [0.15, 0.2) is 0 Å². The number of methoxy groups -OCH3 is 1. The van der Waals surface area contributed by atoms with E-state index < -0.39 is 6.10 Å². The number of hydrogen-bond acceptors (Lipinski definition) is 4. The minimum Gasteiger partial charge on any atom is -0.469 e. The van der Waals surface area contributed by atoms with Crippen LogP contribution in [0.15, 0.2) is 12.2 Å². The average molecular weight is 186 g/mol. The van der Waals surface area contributed by atoms with Crippen molar-refractivity contribution < 1.29 is 19.4 Å². The second-order valence-electron chi connectivity index (χ2n) is 3.04. The van der Waals surface area contributed by atoms with Crippen molar-refractivity contribution >= 4 is 5.97 Å². The number of hydrogen-bond donors (Lipinski definition) is 1. The Morgan fingerprint density at radius 2 is 2.31 bits per heavy atom. The minimum absolute atomic E-state index is 0.198. The molecule has 3 atom stereocenters. The highest BCUT2D eigenvalue weighted by Gasteiger charge is 2.23. The van der Waals surface area contributed by atoms with E-state index in [1.54, 1.807) is 19.1 Å². The van der Waals surface area contributed by atoms with E-state index in [1.165, 1.54) is 7.11 Å². The first kappa shape index (κ1) is 10.2. The highest BCUT2D eigenvalue weighted by Crippen LogP contribution is 2.15. The molecule has 0 aromatic rings. The Morgan fingerprint density at radius 1 is 1.62 bits per heavy atom. The minimum atomic E-state index is -0.575. The molecule has 1 N–H and O–H groups in total. The second kappa shape index (κ2) is 4.39. The van der Waals surface area contributed by atoms with Crippen molar-refractivity contribution in [3.63, 3.8) is 0 Å². The Balaban J connectivity index is 2.45. The standard InChI is InChI=1S/C9H14O4/c1-6-8(10)4-3-7(13-6)5-9(11)12-2/h3-4,6-8,10H,5H2,1-2H3/t6-,7+,8+/m0/s1. The summed E-state index contributed by atoms with van der Waals surface area (Å²) in [5.41, 5.74) is 0. The van der Waals surface area contributed by atoms with Gasteiger partial charge in [-0.05, 0) is 6.92 Å². The molecule has 1 aliphatic heterocycles. The third-order valence-corrected chi connectivity index (χ3v) is 1.99. The fourth-order valence-corrected chi connectivity index (χ4v) is 1.16. The third-order valence-electron chi connectivity index (χ3n) is 1.99. The molecule has 4 nitrogen and oxygen atoms in total. The molecule has 0 aliphatic carbocycles. The molecule has 0 fully saturated rings. The molecule has 13 heavy (non-hydrogen) atoms. The molecule has 0 spiro atoms. The fourth-order valence-electron chi connectivity index (χ4n) is 1.16. The normalized spacial score (nSPS) is 33.0. The van der Waals surface area contributed by atoms with E-state index in [-0.39, 0.29) is 24.6 Å². The van der Waals surface area contributed by atoms with Crippen LogP contribution in [0.25, 0.3) is 0 Å². The number of carbonyl (C=O) groups is 1. The van der Waals surface area contributed by atoms with Crippen LogP contribution in [0.3, 0.4) is 0 Å².